The molecule has 1 aromatic rings. The minimum Gasteiger partial charge on any atom is -0.427 e. The Labute approximate surface area is 111 Å². The summed E-state index contributed by atoms with van der Waals surface area (Å²) in [7, 11) is 4.85. The van der Waals surface area contributed by atoms with Gasteiger partial charge in [-0.05, 0) is 12.1 Å². The zero-order valence-corrected chi connectivity index (χ0v) is 11.1. The fourth-order valence-electron chi connectivity index (χ4n) is 1.59. The molecule has 1 aliphatic rings. The van der Waals surface area contributed by atoms with Gasteiger partial charge >= 0.3 is 0 Å². The van der Waals surface area contributed by atoms with E-state index in [1.165, 1.54) is 5.56 Å². The first-order valence-electron chi connectivity index (χ1n) is 6.21. The Balaban J connectivity index is 0.000000492. The summed E-state index contributed by atoms with van der Waals surface area (Å²) in [6.07, 6.45) is 2.35. The van der Waals surface area contributed by atoms with Gasteiger partial charge in [-0.3, -0.25) is 0 Å². The SMILES string of the molecule is C=C1OC(CC)=C(Cc2ccccc2)O1.[B]CC. The zero-order valence-electron chi connectivity index (χ0n) is 11.1. The summed E-state index contributed by atoms with van der Waals surface area (Å²) in [5.74, 6) is 2.16. The van der Waals surface area contributed by atoms with Gasteiger partial charge in [0.15, 0.2) is 5.76 Å². The minimum atomic E-state index is 0.387. The molecule has 94 valence electrons. The molecule has 2 nitrogen and oxygen atoms in total. The molecule has 0 unspecified atom stereocenters. The lowest BCUT2D eigenvalue weighted by Gasteiger charge is -2.01. The van der Waals surface area contributed by atoms with Crippen molar-refractivity contribution in [3.05, 3.63) is 59.9 Å². The molecule has 3 heteroatoms. The van der Waals surface area contributed by atoms with Crippen LogP contribution in [0.4, 0.5) is 0 Å². The van der Waals surface area contributed by atoms with Crippen LogP contribution < -0.4 is 0 Å². The largest absolute Gasteiger partial charge is 0.427 e. The maximum absolute atomic E-state index is 5.43. The standard InChI is InChI=1S/C13H14O2.C2H5B/c1-3-12-13(15-10(2)14-12)9-11-7-5-4-6-8-11;1-2-3/h4-8H,2-3,9H2,1H3;2H2,1H3. The minimum absolute atomic E-state index is 0.387. The highest BCUT2D eigenvalue weighted by Gasteiger charge is 2.19. The lowest BCUT2D eigenvalue weighted by atomic mass is 10.1. The molecule has 2 rings (SSSR count). The van der Waals surface area contributed by atoms with E-state index < -0.39 is 0 Å². The monoisotopic (exact) mass is 242 g/mol. The number of hydrogen-bond donors (Lipinski definition) is 0. The van der Waals surface area contributed by atoms with E-state index in [1.807, 2.05) is 32.0 Å². The van der Waals surface area contributed by atoms with E-state index in [4.69, 9.17) is 17.3 Å². The summed E-state index contributed by atoms with van der Waals surface area (Å²) in [4.78, 5) is 0. The third kappa shape index (κ3) is 4.32. The molecule has 0 aliphatic carbocycles. The van der Waals surface area contributed by atoms with Crippen molar-refractivity contribution >= 4 is 7.85 Å². The first-order chi connectivity index (χ1) is 8.71. The molecule has 0 fully saturated rings. The van der Waals surface area contributed by atoms with Gasteiger partial charge in [-0.2, -0.15) is 0 Å². The van der Waals surface area contributed by atoms with E-state index in [0.717, 1.165) is 30.7 Å². The van der Waals surface area contributed by atoms with Crippen LogP contribution in [0.2, 0.25) is 6.32 Å². The molecule has 1 heterocycles. The number of rotatable bonds is 3. The number of benzene rings is 1. The third-order valence-electron chi connectivity index (χ3n) is 2.31. The summed E-state index contributed by atoms with van der Waals surface area (Å²) in [5, 5.41) is 0. The second-order valence-corrected chi connectivity index (χ2v) is 3.85. The Morgan fingerprint density at radius 3 is 2.17 bits per heavy atom. The molecule has 0 amide bonds. The van der Waals surface area contributed by atoms with Crippen LogP contribution in [0.25, 0.3) is 0 Å². The van der Waals surface area contributed by atoms with Crippen molar-refractivity contribution in [3.63, 3.8) is 0 Å². The van der Waals surface area contributed by atoms with Crippen molar-refractivity contribution < 1.29 is 9.47 Å². The molecular formula is C15H19BO2. The first-order valence-corrected chi connectivity index (χ1v) is 6.21. The van der Waals surface area contributed by atoms with Gasteiger partial charge in [-0.15, -0.1) is 0 Å². The summed E-state index contributed by atoms with van der Waals surface area (Å²) in [5.41, 5.74) is 1.22. The quantitative estimate of drug-likeness (QED) is 0.747. The van der Waals surface area contributed by atoms with Crippen molar-refractivity contribution in [2.75, 3.05) is 0 Å². The lowest BCUT2D eigenvalue weighted by Crippen LogP contribution is -1.92. The summed E-state index contributed by atoms with van der Waals surface area (Å²) in [6.45, 7) is 7.60. The Morgan fingerprint density at radius 2 is 1.61 bits per heavy atom. The normalized spacial score (nSPS) is 13.6. The van der Waals surface area contributed by atoms with Crippen LogP contribution >= 0.6 is 0 Å². The molecule has 18 heavy (non-hydrogen) atoms. The maximum atomic E-state index is 5.43. The van der Waals surface area contributed by atoms with Crippen molar-refractivity contribution in [1.29, 1.82) is 0 Å². The summed E-state index contributed by atoms with van der Waals surface area (Å²) in [6, 6.07) is 10.2. The highest BCUT2D eigenvalue weighted by Crippen LogP contribution is 2.28. The van der Waals surface area contributed by atoms with E-state index in [0.29, 0.717) is 5.95 Å². The van der Waals surface area contributed by atoms with Gasteiger partial charge in [0.1, 0.15) is 5.76 Å². The van der Waals surface area contributed by atoms with E-state index in [9.17, 15) is 0 Å². The lowest BCUT2D eigenvalue weighted by molar-refractivity contribution is 0.175. The number of hydrogen-bond acceptors (Lipinski definition) is 2. The Kier molecular flexibility index (Phi) is 6.13. The van der Waals surface area contributed by atoms with Gasteiger partial charge in [0.25, 0.3) is 5.95 Å². The van der Waals surface area contributed by atoms with E-state index in [-0.39, 0.29) is 0 Å². The van der Waals surface area contributed by atoms with E-state index >= 15 is 0 Å². The fraction of sp³-hybridized carbons (Fsp3) is 0.333. The van der Waals surface area contributed by atoms with Crippen LogP contribution in [-0.2, 0) is 15.9 Å². The van der Waals surface area contributed by atoms with Crippen LogP contribution in [0.1, 0.15) is 25.8 Å². The average molecular weight is 242 g/mol. The molecular weight excluding hydrogens is 223 g/mol. The first kappa shape index (κ1) is 14.4. The molecule has 1 aromatic carbocycles. The molecule has 0 aromatic heterocycles. The molecule has 0 saturated heterocycles. The van der Waals surface area contributed by atoms with Crippen LogP contribution in [0.3, 0.4) is 0 Å². The topological polar surface area (TPSA) is 18.5 Å². The average Bonchev–Trinajstić information content (AvgIpc) is 2.72. The Hall–Kier alpha value is -1.64. The van der Waals surface area contributed by atoms with Crippen LogP contribution in [-0.4, -0.2) is 7.85 Å². The maximum Gasteiger partial charge on any atom is 0.282 e. The van der Waals surface area contributed by atoms with E-state index in [1.54, 1.807) is 0 Å². The van der Waals surface area contributed by atoms with Crippen molar-refractivity contribution in [1.82, 2.24) is 0 Å². The highest BCUT2D eigenvalue weighted by atomic mass is 16.7. The second-order valence-electron chi connectivity index (χ2n) is 3.85. The van der Waals surface area contributed by atoms with Gasteiger partial charge in [0.2, 0.25) is 0 Å². The number of allylic oxidation sites excluding steroid dienone is 2. The van der Waals surface area contributed by atoms with Crippen molar-refractivity contribution in [2.45, 2.75) is 33.0 Å². The third-order valence-corrected chi connectivity index (χ3v) is 2.31. The van der Waals surface area contributed by atoms with Crippen LogP contribution in [0.15, 0.2) is 54.4 Å². The van der Waals surface area contributed by atoms with Crippen LogP contribution in [0.5, 0.6) is 0 Å². The van der Waals surface area contributed by atoms with Crippen molar-refractivity contribution in [2.24, 2.45) is 0 Å². The van der Waals surface area contributed by atoms with Gasteiger partial charge in [-0.1, -0.05) is 50.5 Å². The predicted octanol–water partition coefficient (Wildman–Crippen LogP) is 3.96. The van der Waals surface area contributed by atoms with Crippen molar-refractivity contribution in [3.8, 4) is 0 Å². The molecule has 0 spiro atoms. The molecule has 2 radical (unpaired) electrons. The molecule has 1 aliphatic heterocycles. The smallest absolute Gasteiger partial charge is 0.282 e. The molecule has 0 atom stereocenters. The highest BCUT2D eigenvalue weighted by molar-refractivity contribution is 6.08. The predicted molar refractivity (Wildman–Crippen MR) is 75.0 cm³/mol. The molecule has 0 saturated carbocycles. The van der Waals surface area contributed by atoms with Gasteiger partial charge < -0.3 is 9.47 Å². The van der Waals surface area contributed by atoms with Gasteiger partial charge in [0, 0.05) is 12.8 Å². The Morgan fingerprint density at radius 1 is 1.06 bits per heavy atom. The molecule has 0 bridgehead atoms. The molecule has 0 N–H and O–H groups in total. The summed E-state index contributed by atoms with van der Waals surface area (Å²) >= 11 is 0. The fourth-order valence-corrected chi connectivity index (χ4v) is 1.59. The zero-order chi connectivity index (χ0) is 13.4. The summed E-state index contributed by atoms with van der Waals surface area (Å²) < 4.78 is 10.8. The number of ether oxygens (including phenoxy) is 2. The van der Waals surface area contributed by atoms with E-state index in [2.05, 4.69) is 18.7 Å². The van der Waals surface area contributed by atoms with Gasteiger partial charge in [-0.25, -0.2) is 0 Å². The second kappa shape index (κ2) is 7.64. The van der Waals surface area contributed by atoms with Gasteiger partial charge in [0.05, 0.1) is 7.85 Å². The Bertz CT molecular complexity index is 410. The van der Waals surface area contributed by atoms with Crippen LogP contribution in [0, 0.1) is 0 Å².